The van der Waals surface area contributed by atoms with Gasteiger partial charge in [0.05, 0.1) is 0 Å². The van der Waals surface area contributed by atoms with Gasteiger partial charge in [0.15, 0.2) is 0 Å². The van der Waals surface area contributed by atoms with E-state index in [1.54, 1.807) is 0 Å². The van der Waals surface area contributed by atoms with E-state index in [4.69, 9.17) is 0 Å². The molecule has 2 aliphatic carbocycles. The topological polar surface area (TPSA) is 15.3 Å². The van der Waals surface area contributed by atoms with Crippen LogP contribution in [0.2, 0.25) is 0 Å². The molecule has 0 radical (unpaired) electrons. The number of nitrogens with zero attached hydrogens (tertiary/aromatic N) is 1. The highest BCUT2D eigenvalue weighted by Gasteiger charge is 2.32. The predicted molar refractivity (Wildman–Crippen MR) is 69.6 cm³/mol. The maximum atomic E-state index is 3.58. The number of rotatable bonds is 9. The zero-order chi connectivity index (χ0) is 11.4. The third kappa shape index (κ3) is 4.84. The maximum Gasteiger partial charge on any atom is 0.00682 e. The lowest BCUT2D eigenvalue weighted by atomic mass is 10.2. The van der Waals surface area contributed by atoms with Gasteiger partial charge in [0.25, 0.3) is 0 Å². The van der Waals surface area contributed by atoms with Crippen LogP contribution in [-0.2, 0) is 0 Å². The Kier molecular flexibility index (Phi) is 4.66. The second-order valence-corrected chi connectivity index (χ2v) is 6.02. The first kappa shape index (κ1) is 12.4. The highest BCUT2D eigenvalue weighted by molar-refractivity contribution is 4.84. The van der Waals surface area contributed by atoms with Crippen LogP contribution in [0.5, 0.6) is 0 Å². The third-order valence-electron chi connectivity index (χ3n) is 4.05. The van der Waals surface area contributed by atoms with Crippen LogP contribution in [0, 0.1) is 11.8 Å². The van der Waals surface area contributed by atoms with Crippen molar-refractivity contribution in [3.05, 3.63) is 0 Å². The molecule has 2 fully saturated rings. The lowest BCUT2D eigenvalue weighted by molar-refractivity contribution is 0.306. The van der Waals surface area contributed by atoms with E-state index in [1.807, 2.05) is 0 Å². The fraction of sp³-hybridized carbons (Fsp3) is 1.00. The molecule has 2 rings (SSSR count). The second kappa shape index (κ2) is 6.02. The number of nitrogens with one attached hydrogen (secondary N) is 1. The monoisotopic (exact) mass is 224 g/mol. The van der Waals surface area contributed by atoms with Gasteiger partial charge in [-0.05, 0) is 64.1 Å². The average Bonchev–Trinajstić information content (AvgIpc) is 3.13. The molecule has 2 heteroatoms. The average molecular weight is 224 g/mol. The van der Waals surface area contributed by atoms with E-state index in [9.17, 15) is 0 Å². The largest absolute Gasteiger partial charge is 0.314 e. The molecule has 1 N–H and O–H groups in total. The molecular weight excluding hydrogens is 196 g/mol. The molecule has 2 saturated carbocycles. The van der Waals surface area contributed by atoms with Gasteiger partial charge in [-0.1, -0.05) is 13.3 Å². The Bertz CT molecular complexity index is 201. The van der Waals surface area contributed by atoms with Crippen LogP contribution in [0.1, 0.15) is 45.4 Å². The lowest BCUT2D eigenvalue weighted by Crippen LogP contribution is -2.23. The van der Waals surface area contributed by atoms with E-state index in [1.165, 1.54) is 58.2 Å². The molecule has 0 aromatic heterocycles. The molecular formula is C14H28N2. The first-order valence-corrected chi connectivity index (χ1v) is 7.17. The van der Waals surface area contributed by atoms with Crippen molar-refractivity contribution in [2.24, 2.45) is 11.8 Å². The van der Waals surface area contributed by atoms with Gasteiger partial charge in [0, 0.05) is 12.6 Å². The molecule has 0 aromatic carbocycles. The predicted octanol–water partition coefficient (Wildman–Crippen LogP) is 2.50. The molecule has 0 heterocycles. The molecule has 16 heavy (non-hydrogen) atoms. The summed E-state index contributed by atoms with van der Waals surface area (Å²) in [7, 11) is 2.29. The summed E-state index contributed by atoms with van der Waals surface area (Å²) in [5, 5.41) is 3.58. The summed E-state index contributed by atoms with van der Waals surface area (Å²) < 4.78 is 0. The van der Waals surface area contributed by atoms with Crippen LogP contribution < -0.4 is 5.32 Å². The lowest BCUT2D eigenvalue weighted by Gasteiger charge is -2.16. The first-order chi connectivity index (χ1) is 7.75. The SMILES string of the molecule is CC1CC1CN(C)CCCCCNC1CC1. The van der Waals surface area contributed by atoms with Crippen molar-refractivity contribution >= 4 is 0 Å². The summed E-state index contributed by atoms with van der Waals surface area (Å²) in [5.74, 6) is 2.02. The van der Waals surface area contributed by atoms with Gasteiger partial charge < -0.3 is 10.2 Å². The smallest absolute Gasteiger partial charge is 0.00682 e. The molecule has 2 aliphatic rings. The zero-order valence-electron chi connectivity index (χ0n) is 11.0. The van der Waals surface area contributed by atoms with Crippen LogP contribution in [0.15, 0.2) is 0 Å². The van der Waals surface area contributed by atoms with Crippen LogP contribution in [0.4, 0.5) is 0 Å². The highest BCUT2D eigenvalue weighted by Crippen LogP contribution is 2.37. The minimum absolute atomic E-state index is 0.888. The van der Waals surface area contributed by atoms with Crippen molar-refractivity contribution in [3.63, 3.8) is 0 Å². The highest BCUT2D eigenvalue weighted by atomic mass is 15.1. The summed E-state index contributed by atoms with van der Waals surface area (Å²) in [6.45, 7) is 6.25. The quantitative estimate of drug-likeness (QED) is 0.605. The molecule has 2 unspecified atom stereocenters. The zero-order valence-corrected chi connectivity index (χ0v) is 11.0. The van der Waals surface area contributed by atoms with Crippen molar-refractivity contribution in [2.45, 2.75) is 51.5 Å². The number of hydrogen-bond donors (Lipinski definition) is 1. The van der Waals surface area contributed by atoms with Crippen molar-refractivity contribution in [2.75, 3.05) is 26.7 Å². The molecule has 0 spiro atoms. The molecule has 2 nitrogen and oxygen atoms in total. The fourth-order valence-electron chi connectivity index (χ4n) is 2.42. The van der Waals surface area contributed by atoms with Crippen molar-refractivity contribution in [1.29, 1.82) is 0 Å². The van der Waals surface area contributed by atoms with Gasteiger partial charge in [-0.25, -0.2) is 0 Å². The van der Waals surface area contributed by atoms with Gasteiger partial charge in [-0.15, -0.1) is 0 Å². The third-order valence-corrected chi connectivity index (χ3v) is 4.05. The Balaban J connectivity index is 1.35. The van der Waals surface area contributed by atoms with Crippen LogP contribution in [0.3, 0.4) is 0 Å². The Morgan fingerprint density at radius 1 is 1.19 bits per heavy atom. The van der Waals surface area contributed by atoms with Gasteiger partial charge in [0.2, 0.25) is 0 Å². The minimum Gasteiger partial charge on any atom is -0.314 e. The number of hydrogen-bond acceptors (Lipinski definition) is 2. The Morgan fingerprint density at radius 2 is 1.94 bits per heavy atom. The fourth-order valence-corrected chi connectivity index (χ4v) is 2.42. The van der Waals surface area contributed by atoms with Crippen LogP contribution >= 0.6 is 0 Å². The van der Waals surface area contributed by atoms with E-state index in [-0.39, 0.29) is 0 Å². The normalized spacial score (nSPS) is 28.7. The van der Waals surface area contributed by atoms with Crippen LogP contribution in [0.25, 0.3) is 0 Å². The Hall–Kier alpha value is -0.0800. The summed E-state index contributed by atoms with van der Waals surface area (Å²) in [6, 6.07) is 0.888. The molecule has 0 bridgehead atoms. The molecule has 0 amide bonds. The van der Waals surface area contributed by atoms with E-state index >= 15 is 0 Å². The summed E-state index contributed by atoms with van der Waals surface area (Å²) in [5.41, 5.74) is 0. The van der Waals surface area contributed by atoms with Gasteiger partial charge in [-0.2, -0.15) is 0 Å². The second-order valence-electron chi connectivity index (χ2n) is 6.02. The molecule has 0 aliphatic heterocycles. The van der Waals surface area contributed by atoms with Crippen molar-refractivity contribution in [3.8, 4) is 0 Å². The molecule has 94 valence electrons. The Morgan fingerprint density at radius 3 is 2.56 bits per heavy atom. The van der Waals surface area contributed by atoms with E-state index in [0.29, 0.717) is 0 Å². The minimum atomic E-state index is 0.888. The molecule has 0 saturated heterocycles. The Labute approximate surface area is 101 Å². The van der Waals surface area contributed by atoms with E-state index < -0.39 is 0 Å². The van der Waals surface area contributed by atoms with Crippen molar-refractivity contribution < 1.29 is 0 Å². The molecule has 2 atom stereocenters. The van der Waals surface area contributed by atoms with Gasteiger partial charge in [-0.3, -0.25) is 0 Å². The summed E-state index contributed by atoms with van der Waals surface area (Å²) >= 11 is 0. The van der Waals surface area contributed by atoms with Crippen molar-refractivity contribution in [1.82, 2.24) is 10.2 Å². The summed E-state index contributed by atoms with van der Waals surface area (Å²) in [6.07, 6.45) is 8.44. The van der Waals surface area contributed by atoms with E-state index in [0.717, 1.165) is 17.9 Å². The van der Waals surface area contributed by atoms with Gasteiger partial charge in [0.1, 0.15) is 0 Å². The maximum absolute atomic E-state index is 3.58. The number of unbranched alkanes of at least 4 members (excludes halogenated alkanes) is 2. The first-order valence-electron chi connectivity index (χ1n) is 7.17. The molecule has 0 aromatic rings. The standard InChI is InChI=1S/C14H28N2/c1-12-10-13(12)11-16(2)9-5-3-4-8-15-14-6-7-14/h12-15H,3-11H2,1-2H3. The summed E-state index contributed by atoms with van der Waals surface area (Å²) in [4.78, 5) is 2.53. The van der Waals surface area contributed by atoms with E-state index in [2.05, 4.69) is 24.2 Å². The van der Waals surface area contributed by atoms with Crippen LogP contribution in [-0.4, -0.2) is 37.6 Å². The van der Waals surface area contributed by atoms with Gasteiger partial charge >= 0.3 is 0 Å².